The monoisotopic (exact) mass is 298 g/mol. The molecule has 0 spiro atoms. The topological polar surface area (TPSA) is 85.8 Å². The van der Waals surface area contributed by atoms with Crippen LogP contribution >= 0.6 is 0 Å². The number of fused-ring (bicyclic) bond motifs is 1. The molecule has 1 aromatic heterocycles. The van der Waals surface area contributed by atoms with Crippen molar-refractivity contribution in [3.05, 3.63) is 59.9 Å². The van der Waals surface area contributed by atoms with E-state index in [1.807, 2.05) is 0 Å². The van der Waals surface area contributed by atoms with Gasteiger partial charge in [0.25, 0.3) is 11.8 Å². The van der Waals surface area contributed by atoms with Crippen molar-refractivity contribution in [1.82, 2.24) is 10.0 Å². The maximum absolute atomic E-state index is 12.0. The first-order valence-electron chi connectivity index (χ1n) is 6.38. The number of amides is 2. The zero-order valence-electron chi connectivity index (χ0n) is 11.3. The highest BCUT2D eigenvalue weighted by Gasteiger charge is 2.38. The lowest BCUT2D eigenvalue weighted by atomic mass is 10.1. The van der Waals surface area contributed by atoms with Crippen LogP contribution in [-0.4, -0.2) is 34.4 Å². The fraction of sp³-hybridized carbons (Fsp3) is 0.0667. The molecule has 1 aliphatic rings. The van der Waals surface area contributed by atoms with Crippen LogP contribution in [0, 0.1) is 0 Å². The van der Waals surface area contributed by atoms with E-state index in [2.05, 4.69) is 4.98 Å². The van der Waals surface area contributed by atoms with Crippen LogP contribution in [0.5, 0.6) is 5.75 Å². The Morgan fingerprint density at radius 1 is 1.05 bits per heavy atom. The van der Waals surface area contributed by atoms with E-state index in [-0.39, 0.29) is 11.1 Å². The van der Waals surface area contributed by atoms with Gasteiger partial charge in [-0.2, -0.15) is 0 Å². The van der Waals surface area contributed by atoms with Crippen LogP contribution in [-0.2, 0) is 9.63 Å². The van der Waals surface area contributed by atoms with Crippen molar-refractivity contribution < 1.29 is 24.0 Å². The summed E-state index contributed by atoms with van der Waals surface area (Å²) in [5, 5.41) is 0.444. The lowest BCUT2D eigenvalue weighted by Gasteiger charge is -2.12. The van der Waals surface area contributed by atoms with E-state index >= 15 is 0 Å². The van der Waals surface area contributed by atoms with Gasteiger partial charge in [0.05, 0.1) is 17.3 Å². The molecule has 0 saturated heterocycles. The van der Waals surface area contributed by atoms with E-state index in [4.69, 9.17) is 9.57 Å². The van der Waals surface area contributed by atoms with Crippen molar-refractivity contribution in [2.24, 2.45) is 0 Å². The van der Waals surface area contributed by atoms with E-state index in [9.17, 15) is 14.4 Å². The molecular weight excluding hydrogens is 288 g/mol. The molecule has 7 heteroatoms. The van der Waals surface area contributed by atoms with Crippen LogP contribution in [0.4, 0.5) is 0 Å². The van der Waals surface area contributed by atoms with E-state index in [1.165, 1.54) is 18.3 Å². The average Bonchev–Trinajstić information content (AvgIpc) is 2.79. The van der Waals surface area contributed by atoms with E-state index < -0.39 is 24.4 Å². The van der Waals surface area contributed by atoms with Crippen LogP contribution in [0.1, 0.15) is 20.7 Å². The number of ether oxygens (including phenoxy) is 1. The van der Waals surface area contributed by atoms with Crippen molar-refractivity contribution in [1.29, 1.82) is 0 Å². The van der Waals surface area contributed by atoms with Gasteiger partial charge in [0.15, 0.2) is 6.61 Å². The van der Waals surface area contributed by atoms with Gasteiger partial charge in [-0.05, 0) is 24.3 Å². The lowest BCUT2D eigenvalue weighted by molar-refractivity contribution is -0.170. The van der Waals surface area contributed by atoms with Crippen LogP contribution in [0.3, 0.4) is 0 Å². The number of aromatic nitrogens is 1. The quantitative estimate of drug-likeness (QED) is 0.789. The van der Waals surface area contributed by atoms with Crippen LogP contribution in [0.15, 0.2) is 48.8 Å². The van der Waals surface area contributed by atoms with Crippen LogP contribution < -0.4 is 4.74 Å². The second-order valence-electron chi connectivity index (χ2n) is 4.39. The van der Waals surface area contributed by atoms with Crippen molar-refractivity contribution >= 4 is 17.8 Å². The first kappa shape index (κ1) is 13.7. The predicted molar refractivity (Wildman–Crippen MR) is 72.8 cm³/mol. The smallest absolute Gasteiger partial charge is 0.370 e. The van der Waals surface area contributed by atoms with Crippen molar-refractivity contribution in [2.45, 2.75) is 0 Å². The Balaban J connectivity index is 1.63. The summed E-state index contributed by atoms with van der Waals surface area (Å²) >= 11 is 0. The second kappa shape index (κ2) is 5.65. The first-order valence-corrected chi connectivity index (χ1v) is 6.38. The summed E-state index contributed by atoms with van der Waals surface area (Å²) in [6.45, 7) is -0.445. The summed E-state index contributed by atoms with van der Waals surface area (Å²) < 4.78 is 5.14. The molecule has 0 saturated carbocycles. The number of nitrogens with zero attached hydrogens (tertiary/aromatic N) is 2. The van der Waals surface area contributed by atoms with Crippen LogP contribution in [0.25, 0.3) is 0 Å². The lowest BCUT2D eigenvalue weighted by Crippen LogP contribution is -2.34. The molecule has 0 unspecified atom stereocenters. The van der Waals surface area contributed by atoms with Gasteiger partial charge in [0.1, 0.15) is 5.75 Å². The van der Waals surface area contributed by atoms with Crippen molar-refractivity contribution in [3.63, 3.8) is 0 Å². The minimum atomic E-state index is -0.863. The Labute approximate surface area is 125 Å². The third-order valence-corrected chi connectivity index (χ3v) is 2.94. The number of hydrogen-bond donors (Lipinski definition) is 0. The summed E-state index contributed by atoms with van der Waals surface area (Å²) in [7, 11) is 0. The Hall–Kier alpha value is -3.22. The number of carbonyl (C=O) groups is 3. The molecule has 0 radical (unpaired) electrons. The van der Waals surface area contributed by atoms with Gasteiger partial charge in [0, 0.05) is 6.20 Å². The fourth-order valence-electron chi connectivity index (χ4n) is 1.95. The number of benzene rings is 1. The highest BCUT2D eigenvalue weighted by Crippen LogP contribution is 2.22. The third kappa shape index (κ3) is 2.51. The zero-order chi connectivity index (χ0) is 15.5. The molecule has 2 amide bonds. The molecular formula is C15H10N2O5. The highest BCUT2D eigenvalue weighted by atomic mass is 16.7. The molecule has 7 nitrogen and oxygen atoms in total. The number of imide groups is 1. The van der Waals surface area contributed by atoms with E-state index in [1.54, 1.807) is 30.5 Å². The summed E-state index contributed by atoms with van der Waals surface area (Å²) in [6, 6.07) is 9.50. The van der Waals surface area contributed by atoms with Crippen LogP contribution in [0.2, 0.25) is 0 Å². The summed E-state index contributed by atoms with van der Waals surface area (Å²) in [4.78, 5) is 44.3. The summed E-state index contributed by atoms with van der Waals surface area (Å²) in [5.74, 6) is -1.83. The molecule has 0 atom stereocenters. The van der Waals surface area contributed by atoms with Gasteiger partial charge in [-0.25, -0.2) is 4.79 Å². The molecule has 0 fully saturated rings. The summed E-state index contributed by atoms with van der Waals surface area (Å²) in [6.07, 6.45) is 2.99. The largest absolute Gasteiger partial charge is 0.480 e. The van der Waals surface area contributed by atoms with Gasteiger partial charge in [-0.3, -0.25) is 14.6 Å². The molecule has 1 aliphatic heterocycles. The van der Waals surface area contributed by atoms with Gasteiger partial charge in [-0.1, -0.05) is 17.2 Å². The maximum atomic E-state index is 12.0. The molecule has 0 N–H and O–H groups in total. The molecule has 1 aromatic carbocycles. The highest BCUT2D eigenvalue weighted by molar-refractivity contribution is 6.20. The van der Waals surface area contributed by atoms with Crippen molar-refractivity contribution in [2.75, 3.05) is 6.61 Å². The average molecular weight is 298 g/mol. The van der Waals surface area contributed by atoms with E-state index in [0.717, 1.165) is 0 Å². The Kier molecular flexibility index (Phi) is 3.53. The molecule has 2 heterocycles. The number of hydrogen-bond acceptors (Lipinski definition) is 6. The Morgan fingerprint density at radius 2 is 1.73 bits per heavy atom. The number of hydroxylamine groups is 2. The fourth-order valence-corrected chi connectivity index (χ4v) is 1.95. The molecule has 3 rings (SSSR count). The molecule has 22 heavy (non-hydrogen) atoms. The zero-order valence-corrected chi connectivity index (χ0v) is 11.3. The standard InChI is InChI=1S/C15H10N2O5/c18-13(9-21-10-4-3-7-16-8-10)22-17-14(19)11-5-1-2-6-12(11)15(17)20/h1-8H,9H2. The van der Waals surface area contributed by atoms with Crippen molar-refractivity contribution in [3.8, 4) is 5.75 Å². The minimum Gasteiger partial charge on any atom is -0.480 e. The van der Waals surface area contributed by atoms with Gasteiger partial charge < -0.3 is 9.57 Å². The van der Waals surface area contributed by atoms with Gasteiger partial charge >= 0.3 is 5.97 Å². The SMILES string of the molecule is O=C(COc1cccnc1)ON1C(=O)c2ccccc2C1=O. The maximum Gasteiger partial charge on any atom is 0.370 e. The molecule has 0 bridgehead atoms. The van der Waals surface area contributed by atoms with Gasteiger partial charge in [-0.15, -0.1) is 0 Å². The predicted octanol–water partition coefficient (Wildman–Crippen LogP) is 1.21. The van der Waals surface area contributed by atoms with Gasteiger partial charge in [0.2, 0.25) is 0 Å². The Morgan fingerprint density at radius 3 is 2.32 bits per heavy atom. The first-order chi connectivity index (χ1) is 10.7. The van der Waals surface area contributed by atoms with E-state index in [0.29, 0.717) is 10.8 Å². The Bertz CT molecular complexity index is 710. The molecule has 0 aliphatic carbocycles. The molecule has 110 valence electrons. The molecule has 2 aromatic rings. The second-order valence-corrected chi connectivity index (χ2v) is 4.39. The summed E-state index contributed by atoms with van der Waals surface area (Å²) in [5.41, 5.74) is 0.405. The number of rotatable bonds is 4. The third-order valence-electron chi connectivity index (χ3n) is 2.94. The number of pyridine rings is 1. The minimum absolute atomic E-state index is 0.202. The number of carbonyl (C=O) groups excluding carboxylic acids is 3. The normalized spacial score (nSPS) is 13.0.